The summed E-state index contributed by atoms with van der Waals surface area (Å²) >= 11 is 0. The molecule has 0 aromatic heterocycles. The van der Waals surface area contributed by atoms with Crippen LogP contribution < -0.4 is 15.8 Å². The largest absolute Gasteiger partial charge is 0.496 e. The summed E-state index contributed by atoms with van der Waals surface area (Å²) in [5.41, 5.74) is 7.14. The lowest BCUT2D eigenvalue weighted by Crippen LogP contribution is -2.31. The SMILES string of the molecule is COCC(CNCc1cc(/C(N)=N/O)ccc1OC)OC. The molecule has 0 fully saturated rings. The van der Waals surface area contributed by atoms with E-state index in [0.717, 1.165) is 11.3 Å². The second-order valence-corrected chi connectivity index (χ2v) is 4.46. The number of oxime groups is 1. The van der Waals surface area contributed by atoms with Crippen molar-refractivity contribution in [2.75, 3.05) is 34.5 Å². The maximum absolute atomic E-state index is 8.73. The molecule has 0 amide bonds. The van der Waals surface area contributed by atoms with Crippen molar-refractivity contribution in [1.29, 1.82) is 0 Å². The molecule has 0 aliphatic carbocycles. The summed E-state index contributed by atoms with van der Waals surface area (Å²) in [6.45, 7) is 1.73. The molecular formula is C14H23N3O4. The van der Waals surface area contributed by atoms with E-state index in [1.807, 2.05) is 6.07 Å². The van der Waals surface area contributed by atoms with Gasteiger partial charge in [-0.15, -0.1) is 0 Å². The Bertz CT molecular complexity index is 466. The number of nitrogens with two attached hydrogens (primary N) is 1. The molecule has 1 aromatic carbocycles. The highest BCUT2D eigenvalue weighted by Gasteiger charge is 2.09. The van der Waals surface area contributed by atoms with Crippen molar-refractivity contribution in [3.05, 3.63) is 29.3 Å². The molecule has 0 heterocycles. The minimum Gasteiger partial charge on any atom is -0.496 e. The number of benzene rings is 1. The van der Waals surface area contributed by atoms with Gasteiger partial charge in [0.05, 0.1) is 19.8 Å². The van der Waals surface area contributed by atoms with Crippen molar-refractivity contribution < 1.29 is 19.4 Å². The quantitative estimate of drug-likeness (QED) is 0.266. The van der Waals surface area contributed by atoms with Gasteiger partial charge in [0, 0.05) is 38.4 Å². The molecule has 1 unspecified atom stereocenters. The van der Waals surface area contributed by atoms with Crippen molar-refractivity contribution in [3.8, 4) is 5.75 Å². The van der Waals surface area contributed by atoms with Crippen LogP contribution in [0.15, 0.2) is 23.4 Å². The van der Waals surface area contributed by atoms with E-state index in [2.05, 4.69) is 10.5 Å². The van der Waals surface area contributed by atoms with Crippen LogP contribution in [0.3, 0.4) is 0 Å². The molecule has 1 atom stereocenters. The zero-order valence-electron chi connectivity index (χ0n) is 12.6. The average molecular weight is 297 g/mol. The summed E-state index contributed by atoms with van der Waals surface area (Å²) in [5.74, 6) is 0.797. The van der Waals surface area contributed by atoms with E-state index >= 15 is 0 Å². The number of ether oxygens (including phenoxy) is 3. The first kappa shape index (κ1) is 17.2. The molecule has 0 saturated heterocycles. The lowest BCUT2D eigenvalue weighted by molar-refractivity contribution is 0.0287. The van der Waals surface area contributed by atoms with Gasteiger partial charge in [-0.2, -0.15) is 0 Å². The molecule has 0 aliphatic heterocycles. The summed E-state index contributed by atoms with van der Waals surface area (Å²) in [6, 6.07) is 5.34. The maximum Gasteiger partial charge on any atom is 0.170 e. The van der Waals surface area contributed by atoms with Crippen molar-refractivity contribution >= 4 is 5.84 Å². The predicted octanol–water partition coefficient (Wildman–Crippen LogP) is 0.541. The van der Waals surface area contributed by atoms with Crippen LogP contribution in [0.4, 0.5) is 0 Å². The van der Waals surface area contributed by atoms with Gasteiger partial charge < -0.3 is 30.5 Å². The van der Waals surface area contributed by atoms with Gasteiger partial charge in [-0.05, 0) is 18.2 Å². The molecule has 0 aliphatic rings. The number of amidine groups is 1. The second kappa shape index (κ2) is 9.17. The summed E-state index contributed by atoms with van der Waals surface area (Å²) in [4.78, 5) is 0. The van der Waals surface area contributed by atoms with E-state index in [1.54, 1.807) is 33.5 Å². The Morgan fingerprint density at radius 3 is 2.71 bits per heavy atom. The van der Waals surface area contributed by atoms with Gasteiger partial charge in [0.1, 0.15) is 5.75 Å². The van der Waals surface area contributed by atoms with E-state index in [1.165, 1.54) is 0 Å². The normalized spacial score (nSPS) is 13.2. The van der Waals surface area contributed by atoms with E-state index in [4.69, 9.17) is 25.2 Å². The minimum atomic E-state index is -0.0201. The lowest BCUT2D eigenvalue weighted by atomic mass is 10.1. The third kappa shape index (κ3) is 5.22. The first-order valence-electron chi connectivity index (χ1n) is 6.53. The fraction of sp³-hybridized carbons (Fsp3) is 0.500. The summed E-state index contributed by atoms with van der Waals surface area (Å²) in [5, 5.41) is 15.0. The Hall–Kier alpha value is -1.83. The fourth-order valence-corrected chi connectivity index (χ4v) is 1.90. The number of nitrogens with one attached hydrogen (secondary N) is 1. The third-order valence-corrected chi connectivity index (χ3v) is 3.06. The van der Waals surface area contributed by atoms with Gasteiger partial charge in [-0.3, -0.25) is 0 Å². The molecule has 4 N–H and O–H groups in total. The molecule has 0 bridgehead atoms. The molecule has 0 radical (unpaired) electrons. The highest BCUT2D eigenvalue weighted by Crippen LogP contribution is 2.19. The molecule has 0 saturated carbocycles. The van der Waals surface area contributed by atoms with Gasteiger partial charge in [0.15, 0.2) is 5.84 Å². The smallest absolute Gasteiger partial charge is 0.170 e. The van der Waals surface area contributed by atoms with E-state index < -0.39 is 0 Å². The van der Waals surface area contributed by atoms with Gasteiger partial charge in [0.2, 0.25) is 0 Å². The zero-order valence-corrected chi connectivity index (χ0v) is 12.6. The fourth-order valence-electron chi connectivity index (χ4n) is 1.90. The molecule has 1 aromatic rings. The molecule has 0 spiro atoms. The Labute approximate surface area is 124 Å². The van der Waals surface area contributed by atoms with Gasteiger partial charge in [-0.25, -0.2) is 0 Å². The van der Waals surface area contributed by atoms with Crippen molar-refractivity contribution in [3.63, 3.8) is 0 Å². The van der Waals surface area contributed by atoms with Crippen LogP contribution in [0.5, 0.6) is 5.75 Å². The number of nitrogens with zero attached hydrogens (tertiary/aromatic N) is 1. The summed E-state index contributed by atoms with van der Waals surface area (Å²) in [7, 11) is 4.88. The Morgan fingerprint density at radius 1 is 1.38 bits per heavy atom. The average Bonchev–Trinajstić information content (AvgIpc) is 2.53. The monoisotopic (exact) mass is 297 g/mol. The standard InChI is InChI=1S/C14H23N3O4/c1-19-9-12(20-2)8-16-7-11-6-10(14(15)17-18)4-5-13(11)21-3/h4-6,12,16,18H,7-9H2,1-3H3,(H2,15,17). The predicted molar refractivity (Wildman–Crippen MR) is 79.9 cm³/mol. The van der Waals surface area contributed by atoms with Crippen molar-refractivity contribution in [2.24, 2.45) is 10.9 Å². The number of methoxy groups -OCH3 is 3. The summed E-state index contributed by atoms with van der Waals surface area (Å²) in [6.07, 6.45) is -0.0201. The van der Waals surface area contributed by atoms with E-state index in [0.29, 0.717) is 25.3 Å². The Morgan fingerprint density at radius 2 is 2.14 bits per heavy atom. The van der Waals surface area contributed by atoms with Crippen LogP contribution in [0, 0.1) is 0 Å². The van der Waals surface area contributed by atoms with Gasteiger partial charge in [0.25, 0.3) is 0 Å². The maximum atomic E-state index is 8.73. The van der Waals surface area contributed by atoms with Gasteiger partial charge >= 0.3 is 0 Å². The van der Waals surface area contributed by atoms with Crippen LogP contribution in [0.25, 0.3) is 0 Å². The van der Waals surface area contributed by atoms with Crippen LogP contribution in [-0.4, -0.2) is 51.6 Å². The molecule has 118 valence electrons. The van der Waals surface area contributed by atoms with Crippen LogP contribution in [0.2, 0.25) is 0 Å². The molecule has 21 heavy (non-hydrogen) atoms. The number of hydrogen-bond acceptors (Lipinski definition) is 6. The van der Waals surface area contributed by atoms with Gasteiger partial charge in [-0.1, -0.05) is 5.16 Å². The molecule has 7 heteroatoms. The van der Waals surface area contributed by atoms with Crippen molar-refractivity contribution in [2.45, 2.75) is 12.6 Å². The van der Waals surface area contributed by atoms with Crippen LogP contribution in [0.1, 0.15) is 11.1 Å². The third-order valence-electron chi connectivity index (χ3n) is 3.06. The topological polar surface area (TPSA) is 98.3 Å². The van der Waals surface area contributed by atoms with Crippen molar-refractivity contribution in [1.82, 2.24) is 5.32 Å². The zero-order chi connectivity index (χ0) is 15.7. The summed E-state index contributed by atoms with van der Waals surface area (Å²) < 4.78 is 15.6. The first-order valence-corrected chi connectivity index (χ1v) is 6.53. The van der Waals surface area contributed by atoms with E-state index in [9.17, 15) is 0 Å². The van der Waals surface area contributed by atoms with Crippen LogP contribution >= 0.6 is 0 Å². The molecule has 1 rings (SSSR count). The lowest BCUT2D eigenvalue weighted by Gasteiger charge is -2.16. The highest BCUT2D eigenvalue weighted by molar-refractivity contribution is 5.97. The highest BCUT2D eigenvalue weighted by atomic mass is 16.5. The number of hydrogen-bond donors (Lipinski definition) is 3. The minimum absolute atomic E-state index is 0.0201. The van der Waals surface area contributed by atoms with Crippen LogP contribution in [-0.2, 0) is 16.0 Å². The second-order valence-electron chi connectivity index (χ2n) is 4.46. The Balaban J connectivity index is 2.72. The van der Waals surface area contributed by atoms with E-state index in [-0.39, 0.29) is 11.9 Å². The number of rotatable bonds is 9. The first-order chi connectivity index (χ1) is 10.2. The molecule has 7 nitrogen and oxygen atoms in total. The molecular weight excluding hydrogens is 274 g/mol. The Kier molecular flexibility index (Phi) is 7.52.